The van der Waals surface area contributed by atoms with Crippen LogP contribution >= 0.6 is 0 Å². The Kier molecular flexibility index (Phi) is 3.41. The van der Waals surface area contributed by atoms with Crippen LogP contribution in [0.1, 0.15) is 33.6 Å². The molecule has 0 bridgehead atoms. The molecule has 88 valence electrons. The summed E-state index contributed by atoms with van der Waals surface area (Å²) in [4.78, 5) is 11.5. The molecular formula is C11H22NO3+. The minimum absolute atomic E-state index is 0.0778. The van der Waals surface area contributed by atoms with E-state index in [-0.39, 0.29) is 16.1 Å². The summed E-state index contributed by atoms with van der Waals surface area (Å²) in [6.07, 6.45) is 1.24. The van der Waals surface area contributed by atoms with Crippen LogP contribution in [0.3, 0.4) is 0 Å². The second-order valence-corrected chi connectivity index (χ2v) is 5.33. The topological polar surface area (TPSA) is 46.5 Å². The van der Waals surface area contributed by atoms with Gasteiger partial charge in [0.05, 0.1) is 6.54 Å². The molecule has 0 spiro atoms. The lowest BCUT2D eigenvalue weighted by atomic mass is 9.95. The Hall–Kier alpha value is -0.610. The van der Waals surface area contributed by atoms with E-state index in [9.17, 15) is 9.90 Å². The first-order valence-corrected chi connectivity index (χ1v) is 5.47. The summed E-state index contributed by atoms with van der Waals surface area (Å²) in [5.74, 6) is 0. The van der Waals surface area contributed by atoms with Crippen molar-refractivity contribution < 1.29 is 19.1 Å². The zero-order valence-corrected chi connectivity index (χ0v) is 10.1. The van der Waals surface area contributed by atoms with Gasteiger partial charge < -0.3 is 9.84 Å². The number of amides is 1. The number of quaternary nitrogens is 1. The van der Waals surface area contributed by atoms with E-state index in [1.165, 1.54) is 0 Å². The minimum Gasteiger partial charge on any atom is -0.435 e. The van der Waals surface area contributed by atoms with Crippen molar-refractivity contribution in [2.45, 2.75) is 45.3 Å². The third kappa shape index (κ3) is 2.16. The molecule has 4 heteroatoms. The first kappa shape index (κ1) is 12.5. The van der Waals surface area contributed by atoms with Crippen LogP contribution in [0.5, 0.6) is 0 Å². The Morgan fingerprint density at radius 1 is 1.47 bits per heavy atom. The largest absolute Gasteiger partial charge is 0.514 e. The minimum atomic E-state index is -0.732. The molecule has 1 rings (SSSR count). The summed E-state index contributed by atoms with van der Waals surface area (Å²) in [7, 11) is 1.66. The maximum absolute atomic E-state index is 11.5. The molecule has 1 saturated heterocycles. The molecule has 1 amide bonds. The molecule has 0 aromatic carbocycles. The highest BCUT2D eigenvalue weighted by Crippen LogP contribution is 2.31. The molecule has 1 heterocycles. The molecule has 0 aliphatic carbocycles. The van der Waals surface area contributed by atoms with Crippen LogP contribution in [-0.2, 0) is 4.74 Å². The first-order chi connectivity index (χ1) is 6.83. The summed E-state index contributed by atoms with van der Waals surface area (Å²) < 4.78 is 5.43. The lowest BCUT2D eigenvalue weighted by Crippen LogP contribution is -2.67. The van der Waals surface area contributed by atoms with Gasteiger partial charge in [-0.1, -0.05) is 0 Å². The van der Waals surface area contributed by atoms with E-state index in [4.69, 9.17) is 4.74 Å². The second-order valence-electron chi connectivity index (χ2n) is 5.33. The van der Waals surface area contributed by atoms with Crippen molar-refractivity contribution in [2.75, 3.05) is 20.2 Å². The van der Waals surface area contributed by atoms with Crippen molar-refractivity contribution in [1.82, 2.24) is 0 Å². The monoisotopic (exact) mass is 216 g/mol. The van der Waals surface area contributed by atoms with E-state index >= 15 is 0 Å². The molecule has 1 unspecified atom stereocenters. The summed E-state index contributed by atoms with van der Waals surface area (Å²) in [5.41, 5.74) is -0.275. The van der Waals surface area contributed by atoms with E-state index in [2.05, 4.69) is 0 Å². The number of carbonyl (C=O) groups is 1. The maximum atomic E-state index is 11.5. The van der Waals surface area contributed by atoms with E-state index in [1.54, 1.807) is 7.11 Å². The van der Waals surface area contributed by atoms with Crippen LogP contribution < -0.4 is 0 Å². The molecule has 15 heavy (non-hydrogen) atoms. The number of hydrogen-bond acceptors (Lipinski definition) is 2. The Morgan fingerprint density at radius 3 is 2.47 bits per heavy atom. The molecule has 1 N–H and O–H groups in total. The molecule has 0 radical (unpaired) electrons. The normalized spacial score (nSPS) is 32.7. The zero-order valence-electron chi connectivity index (χ0n) is 10.1. The molecule has 1 aliphatic heterocycles. The molecule has 1 fully saturated rings. The first-order valence-electron chi connectivity index (χ1n) is 5.47. The van der Waals surface area contributed by atoms with Crippen molar-refractivity contribution in [2.24, 2.45) is 0 Å². The van der Waals surface area contributed by atoms with Crippen LogP contribution in [0.25, 0.3) is 0 Å². The molecule has 1 aliphatic rings. The van der Waals surface area contributed by atoms with Crippen molar-refractivity contribution >= 4 is 6.09 Å². The lowest BCUT2D eigenvalue weighted by molar-refractivity contribution is -0.911. The molecule has 0 aromatic rings. The fourth-order valence-corrected chi connectivity index (χ4v) is 2.38. The lowest BCUT2D eigenvalue weighted by Gasteiger charge is -2.47. The van der Waals surface area contributed by atoms with Gasteiger partial charge in [0.25, 0.3) is 0 Å². The average Bonchev–Trinajstić information content (AvgIpc) is 2.16. The van der Waals surface area contributed by atoms with Crippen molar-refractivity contribution in [1.29, 1.82) is 0 Å². The van der Waals surface area contributed by atoms with Crippen LogP contribution in [0, 0.1) is 0 Å². The standard InChI is InChI=1S/C11H21NO3/c1-11(2,3)12(10(13)14)7-5-6-9(8-12)15-4/h9H,5-8H2,1-4H3/p+1/t9-,12?/m0/s1. The van der Waals surface area contributed by atoms with E-state index in [0.29, 0.717) is 13.1 Å². The number of carboxylic acid groups (broad SMARTS) is 1. The van der Waals surface area contributed by atoms with Crippen molar-refractivity contribution in [3.63, 3.8) is 0 Å². The molecule has 2 atom stereocenters. The number of ether oxygens (including phenoxy) is 1. The Morgan fingerprint density at radius 2 is 2.07 bits per heavy atom. The third-order valence-electron chi connectivity index (χ3n) is 3.56. The highest BCUT2D eigenvalue weighted by atomic mass is 16.5. The molecule has 0 saturated carbocycles. The average molecular weight is 216 g/mol. The van der Waals surface area contributed by atoms with E-state index in [1.807, 2.05) is 20.8 Å². The second kappa shape index (κ2) is 4.10. The molecule has 0 aromatic heterocycles. The Balaban J connectivity index is 2.96. The summed E-state index contributed by atoms with van der Waals surface area (Å²) in [5, 5.41) is 9.45. The fourth-order valence-electron chi connectivity index (χ4n) is 2.38. The van der Waals surface area contributed by atoms with E-state index < -0.39 is 6.09 Å². The van der Waals surface area contributed by atoms with Gasteiger partial charge in [0.1, 0.15) is 18.2 Å². The quantitative estimate of drug-likeness (QED) is 0.683. The van der Waals surface area contributed by atoms with Gasteiger partial charge in [-0.2, -0.15) is 4.79 Å². The number of nitrogens with zero attached hydrogens (tertiary/aromatic N) is 1. The van der Waals surface area contributed by atoms with E-state index in [0.717, 1.165) is 12.8 Å². The third-order valence-corrected chi connectivity index (χ3v) is 3.56. The highest BCUT2D eigenvalue weighted by Gasteiger charge is 2.50. The zero-order chi connectivity index (χ0) is 11.7. The number of rotatable bonds is 1. The van der Waals surface area contributed by atoms with Crippen LogP contribution in [0.4, 0.5) is 4.79 Å². The van der Waals surface area contributed by atoms with Gasteiger partial charge in [-0.3, -0.25) is 0 Å². The summed E-state index contributed by atoms with van der Waals surface area (Å²) >= 11 is 0. The summed E-state index contributed by atoms with van der Waals surface area (Å²) in [6.45, 7) is 7.24. The Bertz CT molecular complexity index is 247. The van der Waals surface area contributed by atoms with Gasteiger partial charge >= 0.3 is 6.09 Å². The van der Waals surface area contributed by atoms with Crippen molar-refractivity contribution in [3.05, 3.63) is 0 Å². The SMILES string of the molecule is CO[C@H]1CCC[N+](C(=O)O)(C(C)(C)C)C1. The van der Waals surface area contributed by atoms with Gasteiger partial charge in [0.2, 0.25) is 0 Å². The van der Waals surface area contributed by atoms with Gasteiger partial charge in [-0.05, 0) is 33.6 Å². The van der Waals surface area contributed by atoms with Crippen molar-refractivity contribution in [3.8, 4) is 0 Å². The molecule has 4 nitrogen and oxygen atoms in total. The van der Waals surface area contributed by atoms with Crippen LogP contribution in [0.15, 0.2) is 0 Å². The number of piperidine rings is 1. The number of methoxy groups -OCH3 is 1. The fraction of sp³-hybridized carbons (Fsp3) is 0.909. The predicted molar refractivity (Wildman–Crippen MR) is 57.8 cm³/mol. The van der Waals surface area contributed by atoms with Gasteiger partial charge in [-0.15, -0.1) is 0 Å². The number of hydrogen-bond donors (Lipinski definition) is 1. The Labute approximate surface area is 91.4 Å². The van der Waals surface area contributed by atoms with Gasteiger partial charge in [0, 0.05) is 7.11 Å². The highest BCUT2D eigenvalue weighted by molar-refractivity contribution is 5.57. The predicted octanol–water partition coefficient (Wildman–Crippen LogP) is 2.09. The maximum Gasteiger partial charge on any atom is 0.514 e. The van der Waals surface area contributed by atoms with Gasteiger partial charge in [0.15, 0.2) is 0 Å². The summed E-state index contributed by atoms with van der Waals surface area (Å²) in [6, 6.07) is 0. The smallest absolute Gasteiger partial charge is 0.435 e. The van der Waals surface area contributed by atoms with Crippen LogP contribution in [-0.4, -0.2) is 47.5 Å². The van der Waals surface area contributed by atoms with Crippen LogP contribution in [0.2, 0.25) is 0 Å². The molecular weight excluding hydrogens is 194 g/mol. The number of likely N-dealkylation sites (tertiary alicyclic amines) is 1. The van der Waals surface area contributed by atoms with Gasteiger partial charge in [-0.25, -0.2) is 4.48 Å².